The Hall–Kier alpha value is -0.860. The third kappa shape index (κ3) is 6.75. The van der Waals surface area contributed by atoms with Gasteiger partial charge in [0.1, 0.15) is 12.4 Å². The second-order valence-electron chi connectivity index (χ2n) is 6.17. The fourth-order valence-electron chi connectivity index (χ4n) is 3.10. The van der Waals surface area contributed by atoms with Gasteiger partial charge in [-0.3, -0.25) is 0 Å². The van der Waals surface area contributed by atoms with Crippen LogP contribution >= 0.6 is 12.4 Å². The van der Waals surface area contributed by atoms with E-state index in [1.807, 2.05) is 0 Å². The van der Waals surface area contributed by atoms with E-state index in [2.05, 4.69) is 4.72 Å². The van der Waals surface area contributed by atoms with Crippen molar-refractivity contribution in [2.45, 2.75) is 43.0 Å². The summed E-state index contributed by atoms with van der Waals surface area (Å²) < 4.78 is 38.3. The highest BCUT2D eigenvalue weighted by Gasteiger charge is 2.27. The molecule has 3 N–H and O–H groups in total. The van der Waals surface area contributed by atoms with Gasteiger partial charge in [0, 0.05) is 19.7 Å². The minimum Gasteiger partial charge on any atom is -0.491 e. The molecule has 0 heterocycles. The van der Waals surface area contributed by atoms with E-state index in [9.17, 15) is 8.42 Å². The summed E-state index contributed by atoms with van der Waals surface area (Å²) in [5, 5.41) is 0. The van der Waals surface area contributed by atoms with E-state index in [-0.39, 0.29) is 23.3 Å². The van der Waals surface area contributed by atoms with Crippen molar-refractivity contribution in [2.75, 3.05) is 26.9 Å². The molecule has 1 aromatic carbocycles. The van der Waals surface area contributed by atoms with Crippen molar-refractivity contribution in [3.63, 3.8) is 0 Å². The van der Waals surface area contributed by atoms with Crippen molar-refractivity contribution in [3.05, 3.63) is 24.3 Å². The molecule has 1 atom stereocenters. The second kappa shape index (κ2) is 11.0. The highest BCUT2D eigenvalue weighted by Crippen LogP contribution is 2.27. The smallest absolute Gasteiger partial charge is 0.240 e. The van der Waals surface area contributed by atoms with E-state index in [0.29, 0.717) is 31.4 Å². The van der Waals surface area contributed by atoms with E-state index >= 15 is 0 Å². The van der Waals surface area contributed by atoms with Crippen LogP contribution < -0.4 is 15.2 Å². The summed E-state index contributed by atoms with van der Waals surface area (Å²) in [6.45, 7) is 1.24. The fourth-order valence-corrected chi connectivity index (χ4v) is 4.42. The predicted molar refractivity (Wildman–Crippen MR) is 101 cm³/mol. The molecule has 0 saturated heterocycles. The first-order chi connectivity index (χ1) is 11.6. The van der Waals surface area contributed by atoms with Gasteiger partial charge >= 0.3 is 0 Å². The number of rotatable bonds is 9. The first-order valence-corrected chi connectivity index (χ1v) is 9.99. The zero-order chi connectivity index (χ0) is 17.4. The third-order valence-corrected chi connectivity index (χ3v) is 5.98. The topological polar surface area (TPSA) is 90.6 Å². The van der Waals surface area contributed by atoms with Gasteiger partial charge in [-0.25, -0.2) is 13.1 Å². The van der Waals surface area contributed by atoms with Crippen molar-refractivity contribution in [1.29, 1.82) is 0 Å². The molecule has 1 aliphatic rings. The molecule has 0 aliphatic heterocycles. The average molecular weight is 393 g/mol. The minimum absolute atomic E-state index is 0. The average Bonchev–Trinajstić information content (AvgIpc) is 2.61. The molecule has 1 aliphatic carbocycles. The van der Waals surface area contributed by atoms with Crippen LogP contribution in [0.25, 0.3) is 0 Å². The number of hydrogen-bond donors (Lipinski definition) is 2. The van der Waals surface area contributed by atoms with Gasteiger partial charge in [-0.1, -0.05) is 19.3 Å². The Kier molecular flexibility index (Phi) is 9.74. The molecule has 0 aromatic heterocycles. The summed E-state index contributed by atoms with van der Waals surface area (Å²) in [7, 11) is -1.97. The Bertz CT molecular complexity index is 589. The van der Waals surface area contributed by atoms with Gasteiger partial charge in [0.05, 0.1) is 11.5 Å². The number of hydrogen-bond acceptors (Lipinski definition) is 5. The van der Waals surface area contributed by atoms with Gasteiger partial charge in [0.2, 0.25) is 10.0 Å². The van der Waals surface area contributed by atoms with E-state index in [1.54, 1.807) is 31.4 Å². The monoisotopic (exact) mass is 392 g/mol. The van der Waals surface area contributed by atoms with Crippen LogP contribution in [-0.2, 0) is 14.8 Å². The molecule has 1 saturated carbocycles. The normalized spacial score (nSPS) is 16.9. The lowest BCUT2D eigenvalue weighted by atomic mass is 9.84. The Morgan fingerprint density at radius 2 is 1.80 bits per heavy atom. The van der Waals surface area contributed by atoms with Gasteiger partial charge in [-0.05, 0) is 43.0 Å². The van der Waals surface area contributed by atoms with Crippen LogP contribution in [0.2, 0.25) is 0 Å². The molecule has 1 aromatic rings. The van der Waals surface area contributed by atoms with E-state index in [1.165, 1.54) is 6.42 Å². The van der Waals surface area contributed by atoms with Gasteiger partial charge in [0.15, 0.2) is 0 Å². The molecule has 6 nitrogen and oxygen atoms in total. The number of nitrogens with one attached hydrogen (secondary N) is 1. The van der Waals surface area contributed by atoms with E-state index in [0.717, 1.165) is 25.7 Å². The SMILES string of the molecule is COCCOc1ccc(S(=O)(=O)NC(CN)C2CCCCC2)cc1.Cl. The van der Waals surface area contributed by atoms with Crippen LogP contribution in [0.5, 0.6) is 5.75 Å². The first-order valence-electron chi connectivity index (χ1n) is 8.51. The highest BCUT2D eigenvalue weighted by molar-refractivity contribution is 7.89. The van der Waals surface area contributed by atoms with Crippen molar-refractivity contribution in [3.8, 4) is 5.75 Å². The Morgan fingerprint density at radius 1 is 1.16 bits per heavy atom. The summed E-state index contributed by atoms with van der Waals surface area (Å²) in [6, 6.07) is 6.22. The van der Waals surface area contributed by atoms with E-state index in [4.69, 9.17) is 15.2 Å². The molecule has 0 bridgehead atoms. The number of nitrogens with two attached hydrogens (primary N) is 1. The molecular formula is C17H29ClN2O4S. The number of sulfonamides is 1. The molecule has 8 heteroatoms. The summed E-state index contributed by atoms with van der Waals surface area (Å²) >= 11 is 0. The lowest BCUT2D eigenvalue weighted by Crippen LogP contribution is -2.45. The molecule has 0 radical (unpaired) electrons. The van der Waals surface area contributed by atoms with Gasteiger partial charge in [-0.15, -0.1) is 12.4 Å². The zero-order valence-corrected chi connectivity index (χ0v) is 16.3. The lowest BCUT2D eigenvalue weighted by molar-refractivity contribution is 0.146. The van der Waals surface area contributed by atoms with Crippen molar-refractivity contribution in [1.82, 2.24) is 4.72 Å². The van der Waals surface area contributed by atoms with Gasteiger partial charge < -0.3 is 15.2 Å². The maximum absolute atomic E-state index is 12.6. The number of halogens is 1. The Balaban J connectivity index is 0.00000312. The van der Waals surface area contributed by atoms with Crippen LogP contribution in [0.3, 0.4) is 0 Å². The maximum atomic E-state index is 12.6. The molecule has 0 spiro atoms. The van der Waals surface area contributed by atoms with Crippen LogP contribution in [0.1, 0.15) is 32.1 Å². The molecular weight excluding hydrogens is 364 g/mol. The van der Waals surface area contributed by atoms with E-state index < -0.39 is 10.0 Å². The summed E-state index contributed by atoms with van der Waals surface area (Å²) in [4.78, 5) is 0.232. The lowest BCUT2D eigenvalue weighted by Gasteiger charge is -2.29. The predicted octanol–water partition coefficient (Wildman–Crippen LogP) is 2.32. The van der Waals surface area contributed by atoms with Gasteiger partial charge in [-0.2, -0.15) is 0 Å². The molecule has 1 fully saturated rings. The molecule has 2 rings (SSSR count). The summed E-state index contributed by atoms with van der Waals surface area (Å²) in [5.41, 5.74) is 5.82. The van der Waals surface area contributed by atoms with Crippen molar-refractivity contribution >= 4 is 22.4 Å². The quantitative estimate of drug-likeness (QED) is 0.629. The van der Waals surface area contributed by atoms with Gasteiger partial charge in [0.25, 0.3) is 0 Å². The van der Waals surface area contributed by atoms with Crippen LogP contribution in [-0.4, -0.2) is 41.3 Å². The number of ether oxygens (including phenoxy) is 2. The van der Waals surface area contributed by atoms with Crippen molar-refractivity contribution < 1.29 is 17.9 Å². The third-order valence-electron chi connectivity index (χ3n) is 4.47. The Labute approximate surface area is 156 Å². The first kappa shape index (κ1) is 22.2. The minimum atomic E-state index is -3.57. The van der Waals surface area contributed by atoms with Crippen LogP contribution in [0.4, 0.5) is 0 Å². The van der Waals surface area contributed by atoms with Crippen LogP contribution in [0, 0.1) is 5.92 Å². The molecule has 25 heavy (non-hydrogen) atoms. The second-order valence-corrected chi connectivity index (χ2v) is 7.89. The standard InChI is InChI=1S/C17H28N2O4S.ClH/c1-22-11-12-23-15-7-9-16(10-8-15)24(20,21)19-17(13-18)14-5-3-2-4-6-14;/h7-10,14,17,19H,2-6,11-13,18H2,1H3;1H. The molecule has 144 valence electrons. The zero-order valence-electron chi connectivity index (χ0n) is 14.6. The Morgan fingerprint density at radius 3 is 2.36 bits per heavy atom. The molecule has 1 unspecified atom stereocenters. The number of methoxy groups -OCH3 is 1. The molecule has 0 amide bonds. The highest BCUT2D eigenvalue weighted by atomic mass is 35.5. The van der Waals surface area contributed by atoms with Crippen LogP contribution in [0.15, 0.2) is 29.2 Å². The largest absolute Gasteiger partial charge is 0.491 e. The van der Waals surface area contributed by atoms with Crippen molar-refractivity contribution in [2.24, 2.45) is 11.7 Å². The fraction of sp³-hybridized carbons (Fsp3) is 0.647. The number of benzene rings is 1. The summed E-state index contributed by atoms with van der Waals surface area (Å²) in [6.07, 6.45) is 5.60. The summed E-state index contributed by atoms with van der Waals surface area (Å²) in [5.74, 6) is 0.948. The maximum Gasteiger partial charge on any atom is 0.240 e.